The zero-order valence-corrected chi connectivity index (χ0v) is 12.5. The van der Waals surface area contributed by atoms with Gasteiger partial charge in [0.05, 0.1) is 12.2 Å². The maximum Gasteiger partial charge on any atom is 0.338 e. The van der Waals surface area contributed by atoms with Crippen molar-refractivity contribution in [3.05, 3.63) is 59.7 Å². The molecule has 0 saturated carbocycles. The first kappa shape index (κ1) is 15.3. The fraction of sp³-hybridized carbons (Fsp3) is 0.278. The first-order valence-electron chi connectivity index (χ1n) is 7.22. The smallest absolute Gasteiger partial charge is 0.338 e. The molecule has 0 radical (unpaired) electrons. The number of carbonyl (C=O) groups is 1. The summed E-state index contributed by atoms with van der Waals surface area (Å²) in [7, 11) is 0. The lowest BCUT2D eigenvalue weighted by molar-refractivity contribution is 0.0526. The Labute approximate surface area is 125 Å². The van der Waals surface area contributed by atoms with Crippen LogP contribution >= 0.6 is 0 Å². The second kappa shape index (κ2) is 7.04. The second-order valence-corrected chi connectivity index (χ2v) is 5.18. The van der Waals surface area contributed by atoms with Crippen molar-refractivity contribution >= 4 is 5.97 Å². The van der Waals surface area contributed by atoms with Crippen molar-refractivity contribution in [3.63, 3.8) is 0 Å². The topological polar surface area (TPSA) is 52.3 Å². The van der Waals surface area contributed by atoms with Gasteiger partial charge in [0.1, 0.15) is 0 Å². The number of esters is 1. The summed E-state index contributed by atoms with van der Waals surface area (Å²) in [5.41, 5.74) is 9.69. The van der Waals surface area contributed by atoms with Crippen LogP contribution in [0.2, 0.25) is 0 Å². The van der Waals surface area contributed by atoms with Crippen LogP contribution in [0.4, 0.5) is 0 Å². The quantitative estimate of drug-likeness (QED) is 0.855. The summed E-state index contributed by atoms with van der Waals surface area (Å²) in [6, 6.07) is 15.9. The number of hydrogen-bond acceptors (Lipinski definition) is 3. The Morgan fingerprint density at radius 2 is 1.86 bits per heavy atom. The van der Waals surface area contributed by atoms with Gasteiger partial charge in [-0.15, -0.1) is 0 Å². The molecule has 21 heavy (non-hydrogen) atoms. The number of ether oxygens (including phenoxy) is 1. The molecule has 110 valence electrons. The van der Waals surface area contributed by atoms with Crippen LogP contribution in [0, 0.1) is 0 Å². The molecule has 0 heterocycles. The van der Waals surface area contributed by atoms with E-state index in [9.17, 15) is 4.79 Å². The predicted molar refractivity (Wildman–Crippen MR) is 85.2 cm³/mol. The molecule has 2 N–H and O–H groups in total. The minimum atomic E-state index is -0.284. The molecule has 1 unspecified atom stereocenters. The summed E-state index contributed by atoms with van der Waals surface area (Å²) >= 11 is 0. The highest BCUT2D eigenvalue weighted by Gasteiger charge is 2.07. The summed E-state index contributed by atoms with van der Waals surface area (Å²) < 4.78 is 5.03. The third-order valence-corrected chi connectivity index (χ3v) is 3.22. The number of benzene rings is 2. The average Bonchev–Trinajstić information content (AvgIpc) is 2.48. The molecule has 1 atom stereocenters. The molecule has 2 aromatic rings. The lowest BCUT2D eigenvalue weighted by Gasteiger charge is -2.08. The minimum Gasteiger partial charge on any atom is -0.462 e. The van der Waals surface area contributed by atoms with Gasteiger partial charge < -0.3 is 10.5 Å². The van der Waals surface area contributed by atoms with Gasteiger partial charge in [-0.05, 0) is 49.1 Å². The monoisotopic (exact) mass is 283 g/mol. The highest BCUT2D eigenvalue weighted by Crippen LogP contribution is 2.21. The molecule has 0 aliphatic heterocycles. The standard InChI is InChI=1S/C18H21NO2/c1-3-21-18(20)17-6-4-5-16(12-17)15-9-7-14(8-10-15)11-13(2)19/h4-10,12-13H,3,11,19H2,1-2H3. The third-order valence-electron chi connectivity index (χ3n) is 3.22. The van der Waals surface area contributed by atoms with Crippen LogP contribution in [-0.2, 0) is 11.2 Å². The summed E-state index contributed by atoms with van der Waals surface area (Å²) in [5.74, 6) is -0.284. The summed E-state index contributed by atoms with van der Waals surface area (Å²) in [6.07, 6.45) is 0.864. The number of rotatable bonds is 5. The van der Waals surface area contributed by atoms with E-state index in [1.165, 1.54) is 5.56 Å². The van der Waals surface area contributed by atoms with Crippen molar-refractivity contribution < 1.29 is 9.53 Å². The first-order chi connectivity index (χ1) is 10.1. The van der Waals surface area contributed by atoms with Crippen LogP contribution in [0.15, 0.2) is 48.5 Å². The van der Waals surface area contributed by atoms with Gasteiger partial charge in [-0.3, -0.25) is 0 Å². The van der Waals surface area contributed by atoms with Gasteiger partial charge in [0.2, 0.25) is 0 Å². The molecule has 0 aliphatic rings. The van der Waals surface area contributed by atoms with E-state index in [0.717, 1.165) is 17.5 Å². The third kappa shape index (κ3) is 4.17. The van der Waals surface area contributed by atoms with Crippen LogP contribution in [0.25, 0.3) is 11.1 Å². The van der Waals surface area contributed by atoms with Crippen molar-refractivity contribution in [2.24, 2.45) is 5.73 Å². The molecule has 2 rings (SSSR count). The zero-order valence-electron chi connectivity index (χ0n) is 12.5. The SMILES string of the molecule is CCOC(=O)c1cccc(-c2ccc(CC(C)N)cc2)c1. The van der Waals surface area contributed by atoms with Crippen molar-refractivity contribution in [1.82, 2.24) is 0 Å². The highest BCUT2D eigenvalue weighted by atomic mass is 16.5. The Balaban J connectivity index is 2.21. The molecule has 0 amide bonds. The van der Waals surface area contributed by atoms with Gasteiger partial charge in [0.15, 0.2) is 0 Å². The Kier molecular flexibility index (Phi) is 5.12. The van der Waals surface area contributed by atoms with E-state index in [2.05, 4.69) is 24.3 Å². The van der Waals surface area contributed by atoms with Gasteiger partial charge in [0, 0.05) is 6.04 Å². The number of carbonyl (C=O) groups excluding carboxylic acids is 1. The van der Waals surface area contributed by atoms with Crippen molar-refractivity contribution in [1.29, 1.82) is 0 Å². The fourth-order valence-corrected chi connectivity index (χ4v) is 2.25. The molecule has 3 heteroatoms. The van der Waals surface area contributed by atoms with E-state index in [4.69, 9.17) is 10.5 Å². The average molecular weight is 283 g/mol. The van der Waals surface area contributed by atoms with E-state index < -0.39 is 0 Å². The Morgan fingerprint density at radius 3 is 2.48 bits per heavy atom. The van der Waals surface area contributed by atoms with Crippen molar-refractivity contribution in [2.45, 2.75) is 26.3 Å². The Bertz CT molecular complexity index is 603. The van der Waals surface area contributed by atoms with Gasteiger partial charge >= 0.3 is 5.97 Å². The van der Waals surface area contributed by atoms with Crippen molar-refractivity contribution in [3.8, 4) is 11.1 Å². The van der Waals surface area contributed by atoms with Gasteiger partial charge in [-0.1, -0.05) is 36.4 Å². The Hall–Kier alpha value is -2.13. The van der Waals surface area contributed by atoms with Crippen molar-refractivity contribution in [2.75, 3.05) is 6.61 Å². The van der Waals surface area contributed by atoms with Gasteiger partial charge in [-0.2, -0.15) is 0 Å². The maximum absolute atomic E-state index is 11.8. The normalized spacial score (nSPS) is 12.0. The van der Waals surface area contributed by atoms with Crippen LogP contribution in [0.1, 0.15) is 29.8 Å². The maximum atomic E-state index is 11.8. The van der Waals surface area contributed by atoms with Crippen LogP contribution in [0.3, 0.4) is 0 Å². The zero-order chi connectivity index (χ0) is 15.2. The highest BCUT2D eigenvalue weighted by molar-refractivity contribution is 5.91. The molecular weight excluding hydrogens is 262 g/mol. The van der Waals surface area contributed by atoms with E-state index in [1.807, 2.05) is 25.1 Å². The first-order valence-corrected chi connectivity index (χ1v) is 7.22. The molecule has 3 nitrogen and oxygen atoms in total. The molecule has 0 saturated heterocycles. The molecule has 0 spiro atoms. The van der Waals surface area contributed by atoms with E-state index in [0.29, 0.717) is 12.2 Å². The number of nitrogens with two attached hydrogens (primary N) is 1. The van der Waals surface area contributed by atoms with Crippen LogP contribution < -0.4 is 5.73 Å². The Morgan fingerprint density at radius 1 is 1.14 bits per heavy atom. The van der Waals surface area contributed by atoms with E-state index in [1.54, 1.807) is 13.0 Å². The summed E-state index contributed by atoms with van der Waals surface area (Å²) in [6.45, 7) is 4.19. The van der Waals surface area contributed by atoms with Crippen LogP contribution in [-0.4, -0.2) is 18.6 Å². The summed E-state index contributed by atoms with van der Waals surface area (Å²) in [5, 5.41) is 0. The van der Waals surface area contributed by atoms with E-state index in [-0.39, 0.29) is 12.0 Å². The predicted octanol–water partition coefficient (Wildman–Crippen LogP) is 3.42. The number of hydrogen-bond donors (Lipinski definition) is 1. The summed E-state index contributed by atoms with van der Waals surface area (Å²) in [4.78, 5) is 11.8. The van der Waals surface area contributed by atoms with E-state index >= 15 is 0 Å². The molecule has 0 aromatic heterocycles. The lowest BCUT2D eigenvalue weighted by Crippen LogP contribution is -2.17. The molecule has 0 bridgehead atoms. The fourth-order valence-electron chi connectivity index (χ4n) is 2.25. The van der Waals surface area contributed by atoms with Gasteiger partial charge in [0.25, 0.3) is 0 Å². The molecular formula is C18H21NO2. The molecule has 0 aliphatic carbocycles. The van der Waals surface area contributed by atoms with Crippen LogP contribution in [0.5, 0.6) is 0 Å². The second-order valence-electron chi connectivity index (χ2n) is 5.18. The van der Waals surface area contributed by atoms with Gasteiger partial charge in [-0.25, -0.2) is 4.79 Å². The minimum absolute atomic E-state index is 0.156. The molecule has 0 fully saturated rings. The molecule has 2 aromatic carbocycles. The lowest BCUT2D eigenvalue weighted by atomic mass is 10.00. The largest absolute Gasteiger partial charge is 0.462 e.